The molecule has 0 saturated heterocycles. The highest BCUT2D eigenvalue weighted by Crippen LogP contribution is 2.38. The van der Waals surface area contributed by atoms with Gasteiger partial charge < -0.3 is 10.1 Å². The smallest absolute Gasteiger partial charge is 0.262 e. The maximum atomic E-state index is 13.7. The van der Waals surface area contributed by atoms with Crippen molar-refractivity contribution in [3.05, 3.63) is 53.5 Å². The highest BCUT2D eigenvalue weighted by molar-refractivity contribution is 5.96. The fourth-order valence-corrected chi connectivity index (χ4v) is 3.37. The molecule has 3 aromatic rings. The minimum absolute atomic E-state index is 0.0251. The first kappa shape index (κ1) is 16.3. The van der Waals surface area contributed by atoms with Crippen molar-refractivity contribution in [1.82, 2.24) is 9.78 Å². The number of aromatic nitrogens is 2. The van der Waals surface area contributed by atoms with Crippen LogP contribution in [0.5, 0.6) is 5.75 Å². The van der Waals surface area contributed by atoms with Crippen LogP contribution >= 0.6 is 0 Å². The third kappa shape index (κ3) is 2.63. The number of hydrogen-bond donors (Lipinski definition) is 1. The van der Waals surface area contributed by atoms with Crippen molar-refractivity contribution >= 4 is 11.6 Å². The normalized spacial score (nSPS) is 13.2. The number of hydrogen-bond acceptors (Lipinski definition) is 3. The van der Waals surface area contributed by atoms with Crippen LogP contribution in [0.25, 0.3) is 22.4 Å². The van der Waals surface area contributed by atoms with Gasteiger partial charge in [0.15, 0.2) is 6.61 Å². The number of carbonyl (C=O) groups excluding carboxylic acids is 1. The maximum absolute atomic E-state index is 13.7. The zero-order valence-corrected chi connectivity index (χ0v) is 14.8. The molecule has 1 aliphatic heterocycles. The fourth-order valence-electron chi connectivity index (χ4n) is 3.37. The molecule has 2 heterocycles. The summed E-state index contributed by atoms with van der Waals surface area (Å²) in [6, 6.07) is 10.7. The molecule has 4 rings (SSSR count). The summed E-state index contributed by atoms with van der Waals surface area (Å²) in [5.74, 6) is 0.238. The van der Waals surface area contributed by atoms with E-state index in [0.29, 0.717) is 17.0 Å². The molecule has 132 valence electrons. The van der Waals surface area contributed by atoms with E-state index in [1.807, 2.05) is 38.2 Å². The first-order valence-electron chi connectivity index (χ1n) is 8.31. The van der Waals surface area contributed by atoms with Crippen LogP contribution in [0.3, 0.4) is 0 Å². The molecule has 0 saturated carbocycles. The van der Waals surface area contributed by atoms with Gasteiger partial charge in [-0.25, -0.2) is 4.39 Å². The van der Waals surface area contributed by atoms with Gasteiger partial charge in [-0.05, 0) is 55.3 Å². The van der Waals surface area contributed by atoms with Crippen LogP contribution < -0.4 is 10.1 Å². The Labute approximate surface area is 150 Å². The molecule has 0 fully saturated rings. The van der Waals surface area contributed by atoms with E-state index < -0.39 is 0 Å². The van der Waals surface area contributed by atoms with Gasteiger partial charge in [-0.3, -0.25) is 9.48 Å². The van der Waals surface area contributed by atoms with Crippen molar-refractivity contribution in [3.63, 3.8) is 0 Å². The molecule has 0 aliphatic carbocycles. The zero-order chi connectivity index (χ0) is 18.4. The summed E-state index contributed by atoms with van der Waals surface area (Å²) in [6.45, 7) is 3.70. The van der Waals surface area contributed by atoms with Gasteiger partial charge in [0.2, 0.25) is 0 Å². The Morgan fingerprint density at radius 3 is 2.69 bits per heavy atom. The summed E-state index contributed by atoms with van der Waals surface area (Å²) in [6.07, 6.45) is 0. The maximum Gasteiger partial charge on any atom is 0.262 e. The number of carbonyl (C=O) groups is 1. The number of benzene rings is 2. The van der Waals surface area contributed by atoms with Gasteiger partial charge in [0, 0.05) is 18.2 Å². The van der Waals surface area contributed by atoms with Crippen LogP contribution in [-0.2, 0) is 11.8 Å². The van der Waals surface area contributed by atoms with E-state index in [2.05, 4.69) is 10.4 Å². The Morgan fingerprint density at radius 1 is 1.15 bits per heavy atom. The predicted octanol–water partition coefficient (Wildman–Crippen LogP) is 3.84. The van der Waals surface area contributed by atoms with E-state index in [0.717, 1.165) is 28.1 Å². The van der Waals surface area contributed by atoms with Crippen molar-refractivity contribution < 1.29 is 13.9 Å². The summed E-state index contributed by atoms with van der Waals surface area (Å²) < 4.78 is 20.9. The number of fused-ring (bicyclic) bond motifs is 1. The van der Waals surface area contributed by atoms with Crippen LogP contribution in [0.4, 0.5) is 10.1 Å². The van der Waals surface area contributed by atoms with Crippen molar-refractivity contribution in [2.45, 2.75) is 13.8 Å². The minimum atomic E-state index is -0.231. The first-order chi connectivity index (χ1) is 12.4. The van der Waals surface area contributed by atoms with Crippen LogP contribution in [0.15, 0.2) is 36.4 Å². The van der Waals surface area contributed by atoms with E-state index in [4.69, 9.17) is 4.74 Å². The Bertz CT molecular complexity index is 1040. The molecular weight excluding hydrogens is 333 g/mol. The summed E-state index contributed by atoms with van der Waals surface area (Å²) >= 11 is 0. The molecule has 1 aliphatic rings. The minimum Gasteiger partial charge on any atom is -0.482 e. The second-order valence-electron chi connectivity index (χ2n) is 6.44. The monoisotopic (exact) mass is 351 g/mol. The summed E-state index contributed by atoms with van der Waals surface area (Å²) in [4.78, 5) is 11.6. The lowest BCUT2D eigenvalue weighted by Gasteiger charge is -2.19. The fraction of sp³-hybridized carbons (Fsp3) is 0.200. The molecule has 1 N–H and O–H groups in total. The Balaban J connectivity index is 1.89. The van der Waals surface area contributed by atoms with Gasteiger partial charge in [0.05, 0.1) is 17.1 Å². The molecule has 5 nitrogen and oxygen atoms in total. The standard InChI is InChI=1S/C20H18FN3O2/c1-11-8-13(4-6-15(11)21)19-12(2)23-24(3)20(19)14-5-7-17-16(9-14)22-18(25)10-26-17/h4-9H,10H2,1-3H3,(H,22,25). The molecule has 0 spiro atoms. The number of rotatable bonds is 2. The highest BCUT2D eigenvalue weighted by atomic mass is 19.1. The Kier molecular flexibility index (Phi) is 3.76. The van der Waals surface area contributed by atoms with E-state index in [9.17, 15) is 9.18 Å². The Morgan fingerprint density at radius 2 is 1.92 bits per heavy atom. The van der Waals surface area contributed by atoms with Crippen molar-refractivity contribution in [2.24, 2.45) is 7.05 Å². The molecule has 0 radical (unpaired) electrons. The van der Waals surface area contributed by atoms with Crippen LogP contribution in [0.1, 0.15) is 11.3 Å². The third-order valence-electron chi connectivity index (χ3n) is 4.55. The zero-order valence-electron chi connectivity index (χ0n) is 14.8. The van der Waals surface area contributed by atoms with Crippen molar-refractivity contribution in [2.75, 3.05) is 11.9 Å². The molecule has 26 heavy (non-hydrogen) atoms. The van der Waals surface area contributed by atoms with E-state index in [-0.39, 0.29) is 18.3 Å². The average Bonchev–Trinajstić information content (AvgIpc) is 2.90. The molecule has 0 atom stereocenters. The van der Waals surface area contributed by atoms with Crippen LogP contribution in [-0.4, -0.2) is 22.3 Å². The van der Waals surface area contributed by atoms with Gasteiger partial charge in [0.1, 0.15) is 11.6 Å². The average molecular weight is 351 g/mol. The molecular formula is C20H18FN3O2. The highest BCUT2D eigenvalue weighted by Gasteiger charge is 2.21. The second kappa shape index (κ2) is 5.98. The lowest BCUT2D eigenvalue weighted by molar-refractivity contribution is -0.118. The number of amides is 1. The van der Waals surface area contributed by atoms with Crippen LogP contribution in [0.2, 0.25) is 0 Å². The predicted molar refractivity (Wildman–Crippen MR) is 97.6 cm³/mol. The molecule has 1 aromatic heterocycles. The molecule has 0 bridgehead atoms. The first-order valence-corrected chi connectivity index (χ1v) is 8.31. The molecule has 1 amide bonds. The summed E-state index contributed by atoms with van der Waals surface area (Å²) in [5, 5.41) is 7.38. The van der Waals surface area contributed by atoms with Gasteiger partial charge in [-0.2, -0.15) is 5.10 Å². The van der Waals surface area contributed by atoms with Crippen molar-refractivity contribution in [3.8, 4) is 28.1 Å². The lowest BCUT2D eigenvalue weighted by Crippen LogP contribution is -2.25. The number of anilines is 1. The molecule has 0 unspecified atom stereocenters. The molecule has 2 aromatic carbocycles. The van der Waals surface area contributed by atoms with E-state index in [1.165, 1.54) is 6.07 Å². The number of nitrogens with one attached hydrogen (secondary N) is 1. The van der Waals surface area contributed by atoms with Gasteiger partial charge in [-0.15, -0.1) is 0 Å². The second-order valence-corrected chi connectivity index (χ2v) is 6.44. The number of aryl methyl sites for hydroxylation is 3. The van der Waals surface area contributed by atoms with Gasteiger partial charge in [0.25, 0.3) is 5.91 Å². The third-order valence-corrected chi connectivity index (χ3v) is 4.55. The number of nitrogens with zero attached hydrogens (tertiary/aromatic N) is 2. The largest absolute Gasteiger partial charge is 0.482 e. The van der Waals surface area contributed by atoms with Gasteiger partial charge in [-0.1, -0.05) is 6.07 Å². The summed E-state index contributed by atoms with van der Waals surface area (Å²) in [7, 11) is 1.87. The SMILES string of the molecule is Cc1cc(-c2c(C)nn(C)c2-c2ccc3c(c2)NC(=O)CO3)ccc1F. The summed E-state index contributed by atoms with van der Waals surface area (Å²) in [5.41, 5.74) is 5.72. The number of halogens is 1. The quantitative estimate of drug-likeness (QED) is 0.763. The van der Waals surface area contributed by atoms with E-state index in [1.54, 1.807) is 17.7 Å². The van der Waals surface area contributed by atoms with E-state index >= 15 is 0 Å². The van der Waals surface area contributed by atoms with Crippen LogP contribution in [0, 0.1) is 19.7 Å². The Hall–Kier alpha value is -3.15. The van der Waals surface area contributed by atoms with Gasteiger partial charge >= 0.3 is 0 Å². The number of ether oxygens (including phenoxy) is 1. The molecule has 6 heteroatoms. The lowest BCUT2D eigenvalue weighted by atomic mass is 9.97. The topological polar surface area (TPSA) is 56.2 Å². The van der Waals surface area contributed by atoms with Crippen molar-refractivity contribution in [1.29, 1.82) is 0 Å².